The molecule has 1 N–H and O–H groups in total. The van der Waals surface area contributed by atoms with Crippen molar-refractivity contribution >= 4 is 16.7 Å². The van der Waals surface area contributed by atoms with Gasteiger partial charge in [-0.25, -0.2) is 9.97 Å². The Balaban J connectivity index is 1.71. The Morgan fingerprint density at radius 3 is 2.29 bits per heavy atom. The van der Waals surface area contributed by atoms with Gasteiger partial charge in [0, 0.05) is 23.7 Å². The summed E-state index contributed by atoms with van der Waals surface area (Å²) in [6.45, 7) is 0.562. The molecule has 0 saturated carbocycles. The topological polar surface area (TPSA) is 50.7 Å². The van der Waals surface area contributed by atoms with E-state index in [1.807, 2.05) is 54.6 Å². The number of nitrogens with zero attached hydrogens (tertiary/aromatic N) is 3. The molecule has 0 fully saturated rings. The lowest BCUT2D eigenvalue weighted by atomic mass is 10.2. The van der Waals surface area contributed by atoms with Crippen LogP contribution < -0.4 is 5.32 Å². The minimum absolute atomic E-state index is 0.315. The number of pyridine rings is 1. The second-order valence-electron chi connectivity index (χ2n) is 6.18. The molecular weight excluding hydrogens is 365 g/mol. The summed E-state index contributed by atoms with van der Waals surface area (Å²) in [4.78, 5) is 12.5. The van der Waals surface area contributed by atoms with Crippen LogP contribution in [0.3, 0.4) is 0 Å². The number of hydrogen-bond donors (Lipinski definition) is 1. The third-order valence-corrected chi connectivity index (χ3v) is 4.22. The number of benzene rings is 2. The summed E-state index contributed by atoms with van der Waals surface area (Å²) in [6.07, 6.45) is -3.33. The SMILES string of the molecule is FC(F)(F)c1ccc(-c2nc(NCc3ccccc3)c3ccccc3n2)cn1. The Bertz CT molecular complexity index is 1090. The predicted molar refractivity (Wildman–Crippen MR) is 102 cm³/mol. The largest absolute Gasteiger partial charge is 0.433 e. The van der Waals surface area contributed by atoms with E-state index in [0.717, 1.165) is 23.2 Å². The molecule has 7 heteroatoms. The normalized spacial score (nSPS) is 11.5. The number of aromatic nitrogens is 3. The van der Waals surface area contributed by atoms with Crippen molar-refractivity contribution in [3.05, 3.63) is 84.2 Å². The maximum absolute atomic E-state index is 12.8. The van der Waals surface area contributed by atoms with Gasteiger partial charge in [-0.2, -0.15) is 13.2 Å². The van der Waals surface area contributed by atoms with Gasteiger partial charge in [0.05, 0.1) is 5.52 Å². The van der Waals surface area contributed by atoms with Crippen molar-refractivity contribution in [1.82, 2.24) is 15.0 Å². The third-order valence-electron chi connectivity index (χ3n) is 4.22. The van der Waals surface area contributed by atoms with E-state index in [0.29, 0.717) is 29.3 Å². The Hall–Kier alpha value is -3.48. The highest BCUT2D eigenvalue weighted by Gasteiger charge is 2.32. The van der Waals surface area contributed by atoms with Crippen molar-refractivity contribution in [3.63, 3.8) is 0 Å². The van der Waals surface area contributed by atoms with Crippen LogP contribution in [0, 0.1) is 0 Å². The fourth-order valence-corrected chi connectivity index (χ4v) is 2.82. The number of alkyl halides is 3. The van der Waals surface area contributed by atoms with Crippen LogP contribution in [0.1, 0.15) is 11.3 Å². The van der Waals surface area contributed by atoms with E-state index < -0.39 is 11.9 Å². The summed E-state index contributed by atoms with van der Waals surface area (Å²) in [7, 11) is 0. The molecule has 0 saturated heterocycles. The standard InChI is InChI=1S/C21H15F3N4/c22-21(23,24)18-11-10-15(13-25-18)19-27-17-9-5-4-8-16(17)20(28-19)26-12-14-6-2-1-3-7-14/h1-11,13H,12H2,(H,26,27,28). The summed E-state index contributed by atoms with van der Waals surface area (Å²) in [5.74, 6) is 0.930. The van der Waals surface area contributed by atoms with Gasteiger partial charge in [-0.3, -0.25) is 4.98 Å². The Morgan fingerprint density at radius 1 is 0.821 bits per heavy atom. The molecule has 2 aromatic carbocycles. The Kier molecular flexibility index (Phi) is 4.65. The first-order valence-electron chi connectivity index (χ1n) is 8.59. The van der Waals surface area contributed by atoms with Gasteiger partial charge in [-0.05, 0) is 29.8 Å². The fourth-order valence-electron chi connectivity index (χ4n) is 2.82. The molecule has 28 heavy (non-hydrogen) atoms. The summed E-state index contributed by atoms with van der Waals surface area (Å²) in [5, 5.41) is 4.13. The van der Waals surface area contributed by atoms with E-state index in [1.54, 1.807) is 0 Å². The lowest BCUT2D eigenvalue weighted by Crippen LogP contribution is -2.08. The number of rotatable bonds is 4. The zero-order valence-electron chi connectivity index (χ0n) is 14.6. The molecule has 140 valence electrons. The molecule has 0 bridgehead atoms. The maximum Gasteiger partial charge on any atom is 0.433 e. The van der Waals surface area contributed by atoms with Crippen LogP contribution in [0.2, 0.25) is 0 Å². The van der Waals surface area contributed by atoms with Crippen LogP contribution >= 0.6 is 0 Å². The molecule has 0 amide bonds. The molecule has 4 aromatic rings. The van der Waals surface area contributed by atoms with Gasteiger partial charge < -0.3 is 5.32 Å². The van der Waals surface area contributed by atoms with Gasteiger partial charge in [-0.1, -0.05) is 42.5 Å². The van der Waals surface area contributed by atoms with Crippen molar-refractivity contribution < 1.29 is 13.2 Å². The maximum atomic E-state index is 12.8. The van der Waals surface area contributed by atoms with Crippen LogP contribution in [0.5, 0.6) is 0 Å². The summed E-state index contributed by atoms with van der Waals surface area (Å²) >= 11 is 0. The molecule has 0 unspecified atom stereocenters. The van der Waals surface area contributed by atoms with Gasteiger partial charge in [0.1, 0.15) is 11.5 Å². The Labute approximate surface area is 159 Å². The summed E-state index contributed by atoms with van der Waals surface area (Å²) < 4.78 is 38.3. The predicted octanol–water partition coefficient (Wildman–Crippen LogP) is 5.32. The minimum Gasteiger partial charge on any atom is -0.365 e. The summed E-state index contributed by atoms with van der Waals surface area (Å²) in [5.41, 5.74) is 1.26. The van der Waals surface area contributed by atoms with Gasteiger partial charge in [0.2, 0.25) is 0 Å². The highest BCUT2D eigenvalue weighted by atomic mass is 19.4. The molecule has 0 aliphatic rings. The highest BCUT2D eigenvalue weighted by molar-refractivity contribution is 5.90. The van der Waals surface area contributed by atoms with E-state index in [1.165, 1.54) is 6.07 Å². The van der Waals surface area contributed by atoms with Crippen molar-refractivity contribution in [2.75, 3.05) is 5.32 Å². The first kappa shape index (κ1) is 17.9. The number of fused-ring (bicyclic) bond motifs is 1. The zero-order chi connectivity index (χ0) is 19.6. The first-order valence-corrected chi connectivity index (χ1v) is 8.59. The third kappa shape index (κ3) is 3.78. The molecular formula is C21H15F3N4. The average Bonchev–Trinajstić information content (AvgIpc) is 2.72. The molecule has 4 rings (SSSR count). The van der Waals surface area contributed by atoms with Gasteiger partial charge >= 0.3 is 6.18 Å². The van der Waals surface area contributed by atoms with E-state index in [4.69, 9.17) is 0 Å². The highest BCUT2D eigenvalue weighted by Crippen LogP contribution is 2.29. The van der Waals surface area contributed by atoms with Gasteiger partial charge in [-0.15, -0.1) is 0 Å². The molecule has 4 nitrogen and oxygen atoms in total. The van der Waals surface area contributed by atoms with E-state index >= 15 is 0 Å². The molecule has 0 atom stereocenters. The number of para-hydroxylation sites is 1. The molecule has 0 aliphatic heterocycles. The number of anilines is 1. The van der Waals surface area contributed by atoms with Crippen LogP contribution in [0.4, 0.5) is 19.0 Å². The van der Waals surface area contributed by atoms with E-state index in [-0.39, 0.29) is 0 Å². The molecule has 0 spiro atoms. The average molecular weight is 380 g/mol. The van der Waals surface area contributed by atoms with Crippen molar-refractivity contribution in [2.45, 2.75) is 12.7 Å². The number of halogens is 3. The van der Waals surface area contributed by atoms with Crippen LogP contribution in [0.15, 0.2) is 72.9 Å². The van der Waals surface area contributed by atoms with Crippen molar-refractivity contribution in [3.8, 4) is 11.4 Å². The molecule has 0 aliphatic carbocycles. The second-order valence-corrected chi connectivity index (χ2v) is 6.18. The van der Waals surface area contributed by atoms with Crippen LogP contribution in [-0.2, 0) is 12.7 Å². The summed E-state index contributed by atoms with van der Waals surface area (Å²) in [6, 6.07) is 19.6. The first-order chi connectivity index (χ1) is 13.5. The second kappa shape index (κ2) is 7.26. The van der Waals surface area contributed by atoms with Crippen molar-refractivity contribution in [1.29, 1.82) is 0 Å². The fraction of sp³-hybridized carbons (Fsp3) is 0.0952. The Morgan fingerprint density at radius 2 is 1.57 bits per heavy atom. The van der Waals surface area contributed by atoms with E-state index in [2.05, 4.69) is 20.3 Å². The molecule has 0 radical (unpaired) electrons. The lowest BCUT2D eigenvalue weighted by molar-refractivity contribution is -0.141. The molecule has 2 heterocycles. The number of nitrogens with one attached hydrogen (secondary N) is 1. The van der Waals surface area contributed by atoms with Crippen LogP contribution in [-0.4, -0.2) is 15.0 Å². The van der Waals surface area contributed by atoms with Crippen molar-refractivity contribution in [2.24, 2.45) is 0 Å². The minimum atomic E-state index is -4.48. The van der Waals surface area contributed by atoms with Gasteiger partial charge in [0.15, 0.2) is 5.82 Å². The van der Waals surface area contributed by atoms with E-state index in [9.17, 15) is 13.2 Å². The van der Waals surface area contributed by atoms with Gasteiger partial charge in [0.25, 0.3) is 0 Å². The van der Waals surface area contributed by atoms with Crippen LogP contribution in [0.25, 0.3) is 22.3 Å². The monoisotopic (exact) mass is 380 g/mol. The lowest BCUT2D eigenvalue weighted by Gasteiger charge is -2.11. The number of hydrogen-bond acceptors (Lipinski definition) is 4. The zero-order valence-corrected chi connectivity index (χ0v) is 14.6. The molecule has 2 aromatic heterocycles. The quantitative estimate of drug-likeness (QED) is 0.520. The smallest absolute Gasteiger partial charge is 0.365 e.